The molecule has 96 valence electrons. The SMILES string of the molecule is COCCCCCCCOc1ccccc1F. The lowest BCUT2D eigenvalue weighted by Gasteiger charge is -2.06. The van der Waals surface area contributed by atoms with E-state index < -0.39 is 0 Å². The van der Waals surface area contributed by atoms with Gasteiger partial charge in [0.15, 0.2) is 11.6 Å². The zero-order valence-electron chi connectivity index (χ0n) is 10.5. The summed E-state index contributed by atoms with van der Waals surface area (Å²) in [6.07, 6.45) is 5.59. The third-order valence-corrected chi connectivity index (χ3v) is 2.59. The number of halogens is 1. The first kappa shape index (κ1) is 14.0. The number of rotatable bonds is 9. The summed E-state index contributed by atoms with van der Waals surface area (Å²) in [6.45, 7) is 1.43. The normalized spacial score (nSPS) is 10.5. The molecule has 0 saturated carbocycles. The first-order valence-electron chi connectivity index (χ1n) is 6.21. The lowest BCUT2D eigenvalue weighted by molar-refractivity contribution is 0.191. The third kappa shape index (κ3) is 6.27. The van der Waals surface area contributed by atoms with Gasteiger partial charge in [-0.1, -0.05) is 31.4 Å². The molecule has 0 aliphatic rings. The van der Waals surface area contributed by atoms with Gasteiger partial charge >= 0.3 is 0 Å². The van der Waals surface area contributed by atoms with Crippen molar-refractivity contribution in [2.24, 2.45) is 0 Å². The number of methoxy groups -OCH3 is 1. The zero-order valence-corrected chi connectivity index (χ0v) is 10.5. The summed E-state index contributed by atoms with van der Waals surface area (Å²) in [5.74, 6) is 0.0690. The van der Waals surface area contributed by atoms with Crippen LogP contribution in [0.4, 0.5) is 4.39 Å². The topological polar surface area (TPSA) is 18.5 Å². The molecule has 0 fully saturated rings. The Morgan fingerprint density at radius 3 is 2.29 bits per heavy atom. The molecule has 0 aliphatic carbocycles. The minimum Gasteiger partial charge on any atom is -0.491 e. The molecule has 0 heterocycles. The Bertz CT molecular complexity index is 302. The van der Waals surface area contributed by atoms with E-state index in [1.54, 1.807) is 25.3 Å². The third-order valence-electron chi connectivity index (χ3n) is 2.59. The summed E-state index contributed by atoms with van der Waals surface area (Å²) in [7, 11) is 1.72. The maximum atomic E-state index is 13.2. The van der Waals surface area contributed by atoms with Crippen molar-refractivity contribution in [3.8, 4) is 5.75 Å². The van der Waals surface area contributed by atoms with E-state index in [0.717, 1.165) is 25.9 Å². The lowest BCUT2D eigenvalue weighted by atomic mass is 10.1. The van der Waals surface area contributed by atoms with Crippen molar-refractivity contribution in [1.29, 1.82) is 0 Å². The quantitative estimate of drug-likeness (QED) is 0.611. The van der Waals surface area contributed by atoms with Crippen LogP contribution in [-0.4, -0.2) is 20.3 Å². The molecule has 17 heavy (non-hydrogen) atoms. The summed E-state index contributed by atoms with van der Waals surface area (Å²) >= 11 is 0. The van der Waals surface area contributed by atoms with E-state index in [-0.39, 0.29) is 5.82 Å². The van der Waals surface area contributed by atoms with Crippen molar-refractivity contribution < 1.29 is 13.9 Å². The van der Waals surface area contributed by atoms with Gasteiger partial charge in [-0.3, -0.25) is 0 Å². The summed E-state index contributed by atoms with van der Waals surface area (Å²) in [6, 6.07) is 6.52. The van der Waals surface area contributed by atoms with E-state index in [0.29, 0.717) is 12.4 Å². The second-order valence-corrected chi connectivity index (χ2v) is 4.04. The molecule has 0 unspecified atom stereocenters. The highest BCUT2D eigenvalue weighted by Crippen LogP contribution is 2.15. The van der Waals surface area contributed by atoms with Crippen LogP contribution in [0.2, 0.25) is 0 Å². The van der Waals surface area contributed by atoms with Gasteiger partial charge in [0.1, 0.15) is 0 Å². The highest BCUT2D eigenvalue weighted by molar-refractivity contribution is 5.23. The Balaban J connectivity index is 1.99. The van der Waals surface area contributed by atoms with E-state index in [1.165, 1.54) is 18.9 Å². The standard InChI is InChI=1S/C14H21FO2/c1-16-11-7-3-2-4-8-12-17-14-10-6-5-9-13(14)15/h5-6,9-10H,2-4,7-8,11-12H2,1H3. The molecule has 2 nitrogen and oxygen atoms in total. The monoisotopic (exact) mass is 240 g/mol. The second-order valence-electron chi connectivity index (χ2n) is 4.04. The van der Waals surface area contributed by atoms with Crippen LogP contribution in [0, 0.1) is 5.82 Å². The molecule has 0 radical (unpaired) electrons. The van der Waals surface area contributed by atoms with Crippen molar-refractivity contribution in [2.75, 3.05) is 20.3 Å². The number of para-hydroxylation sites is 1. The molecular formula is C14H21FO2. The predicted molar refractivity (Wildman–Crippen MR) is 66.9 cm³/mol. The lowest BCUT2D eigenvalue weighted by Crippen LogP contribution is -1.99. The van der Waals surface area contributed by atoms with Crippen LogP contribution in [-0.2, 0) is 4.74 Å². The molecule has 0 amide bonds. The number of hydrogen-bond donors (Lipinski definition) is 0. The van der Waals surface area contributed by atoms with E-state index in [4.69, 9.17) is 9.47 Å². The molecule has 0 atom stereocenters. The molecule has 0 bridgehead atoms. The highest BCUT2D eigenvalue weighted by atomic mass is 19.1. The predicted octanol–water partition coefficient (Wildman–Crippen LogP) is 3.80. The van der Waals surface area contributed by atoms with Crippen molar-refractivity contribution in [3.05, 3.63) is 30.1 Å². The highest BCUT2D eigenvalue weighted by Gasteiger charge is 2.00. The van der Waals surface area contributed by atoms with Crippen LogP contribution in [0.1, 0.15) is 32.1 Å². The van der Waals surface area contributed by atoms with Crippen molar-refractivity contribution in [2.45, 2.75) is 32.1 Å². The maximum Gasteiger partial charge on any atom is 0.165 e. The van der Waals surface area contributed by atoms with Crippen molar-refractivity contribution >= 4 is 0 Å². The fourth-order valence-corrected chi connectivity index (χ4v) is 1.62. The summed E-state index contributed by atoms with van der Waals surface area (Å²) < 4.78 is 23.5. The molecule has 1 aromatic rings. The van der Waals surface area contributed by atoms with E-state index in [9.17, 15) is 4.39 Å². The minimum absolute atomic E-state index is 0.285. The molecular weight excluding hydrogens is 219 g/mol. The van der Waals surface area contributed by atoms with Crippen LogP contribution in [0.3, 0.4) is 0 Å². The Morgan fingerprint density at radius 2 is 1.59 bits per heavy atom. The maximum absolute atomic E-state index is 13.2. The van der Waals surface area contributed by atoms with Crippen LogP contribution < -0.4 is 4.74 Å². The van der Waals surface area contributed by atoms with E-state index in [1.807, 2.05) is 0 Å². The van der Waals surface area contributed by atoms with Gasteiger partial charge in [0.05, 0.1) is 6.61 Å². The molecule has 0 aliphatic heterocycles. The van der Waals surface area contributed by atoms with Crippen molar-refractivity contribution in [3.63, 3.8) is 0 Å². The number of benzene rings is 1. The second kappa shape index (κ2) is 8.99. The summed E-state index contributed by atoms with van der Waals surface area (Å²) in [4.78, 5) is 0. The van der Waals surface area contributed by atoms with Gasteiger partial charge < -0.3 is 9.47 Å². The fourth-order valence-electron chi connectivity index (χ4n) is 1.62. The molecule has 1 aromatic carbocycles. The molecule has 0 aromatic heterocycles. The number of ether oxygens (including phenoxy) is 2. The smallest absolute Gasteiger partial charge is 0.165 e. The first-order valence-corrected chi connectivity index (χ1v) is 6.21. The molecule has 0 spiro atoms. The summed E-state index contributed by atoms with van der Waals surface area (Å²) in [5.41, 5.74) is 0. The Labute approximate surface area is 103 Å². The first-order chi connectivity index (χ1) is 8.34. The minimum atomic E-state index is -0.285. The number of hydrogen-bond acceptors (Lipinski definition) is 2. The molecule has 1 rings (SSSR count). The molecule has 3 heteroatoms. The van der Waals surface area contributed by atoms with Gasteiger partial charge in [-0.25, -0.2) is 4.39 Å². The van der Waals surface area contributed by atoms with Gasteiger partial charge in [0, 0.05) is 13.7 Å². The van der Waals surface area contributed by atoms with Crippen LogP contribution in [0.15, 0.2) is 24.3 Å². The van der Waals surface area contributed by atoms with Gasteiger partial charge in [-0.2, -0.15) is 0 Å². The average Bonchev–Trinajstić information content (AvgIpc) is 2.35. The molecule has 0 N–H and O–H groups in total. The van der Waals surface area contributed by atoms with Crippen LogP contribution in [0.5, 0.6) is 5.75 Å². The van der Waals surface area contributed by atoms with E-state index in [2.05, 4.69) is 0 Å². The van der Waals surface area contributed by atoms with Gasteiger partial charge in [0.25, 0.3) is 0 Å². The van der Waals surface area contributed by atoms with Gasteiger partial charge in [-0.15, -0.1) is 0 Å². The Kier molecular flexibility index (Phi) is 7.39. The fraction of sp³-hybridized carbons (Fsp3) is 0.571. The van der Waals surface area contributed by atoms with Crippen LogP contribution >= 0.6 is 0 Å². The Hall–Kier alpha value is -1.09. The number of unbranched alkanes of at least 4 members (excludes halogenated alkanes) is 4. The largest absolute Gasteiger partial charge is 0.491 e. The average molecular weight is 240 g/mol. The Morgan fingerprint density at radius 1 is 0.941 bits per heavy atom. The van der Waals surface area contributed by atoms with Crippen molar-refractivity contribution in [1.82, 2.24) is 0 Å². The molecule has 0 saturated heterocycles. The van der Waals surface area contributed by atoms with Gasteiger partial charge in [-0.05, 0) is 25.0 Å². The van der Waals surface area contributed by atoms with Crippen LogP contribution in [0.25, 0.3) is 0 Å². The zero-order chi connectivity index (χ0) is 12.3. The van der Waals surface area contributed by atoms with Gasteiger partial charge in [0.2, 0.25) is 0 Å². The summed E-state index contributed by atoms with van der Waals surface area (Å²) in [5, 5.41) is 0. The van der Waals surface area contributed by atoms with E-state index >= 15 is 0 Å².